The molecule has 0 aromatic rings. The van der Waals surface area contributed by atoms with Gasteiger partial charge in [0.2, 0.25) is 5.91 Å². The van der Waals surface area contributed by atoms with Crippen molar-refractivity contribution in [2.24, 2.45) is 5.92 Å². The molecular weight excluding hydrogens is 1040 g/mol. The minimum atomic E-state index is -2.98. The zero-order valence-corrected chi connectivity index (χ0v) is 41.9. The summed E-state index contributed by atoms with van der Waals surface area (Å²) in [4.78, 5) is 24.6. The Morgan fingerprint density at radius 3 is 1.83 bits per heavy atom. The van der Waals surface area contributed by atoms with Crippen LogP contribution in [0.2, 0.25) is 0 Å². The summed E-state index contributed by atoms with van der Waals surface area (Å²) in [5, 5.41) is 176. The number of aliphatic hydroxyl groups excluding tert-OH is 16. The molecule has 0 bridgehead atoms. The molecule has 6 aliphatic heterocycles. The van der Waals surface area contributed by atoms with Gasteiger partial charge < -0.3 is 149 Å². The molecule has 0 aromatic carbocycles. The maximum absolute atomic E-state index is 12.3. The Balaban J connectivity index is 1.36. The van der Waals surface area contributed by atoms with Crippen molar-refractivity contribution >= 4 is 12.4 Å². The van der Waals surface area contributed by atoms with Crippen LogP contribution < -0.4 is 5.32 Å². The predicted molar refractivity (Wildman–Crippen MR) is 237 cm³/mol. The minimum absolute atomic E-state index is 0.237. The summed E-state index contributed by atoms with van der Waals surface area (Å²) in [6, 6.07) is -1.61. The monoisotopic (exact) mass is 1110 g/mol. The van der Waals surface area contributed by atoms with Gasteiger partial charge in [-0.3, -0.25) is 9.59 Å². The van der Waals surface area contributed by atoms with Gasteiger partial charge in [0, 0.05) is 12.8 Å². The van der Waals surface area contributed by atoms with Gasteiger partial charge in [0.15, 0.2) is 31.5 Å². The Labute approximate surface area is 433 Å². The average molecular weight is 1110 g/mol. The highest BCUT2D eigenvalue weighted by Gasteiger charge is 2.61. The van der Waals surface area contributed by atoms with E-state index in [2.05, 4.69) is 5.32 Å². The summed E-state index contributed by atoms with van der Waals surface area (Å²) in [5.74, 6) is -5.10. The Morgan fingerprint density at radius 2 is 1.22 bits per heavy atom. The van der Waals surface area contributed by atoms with E-state index < -0.39 is 235 Å². The zero-order valence-electron chi connectivity index (χ0n) is 41.9. The van der Waals surface area contributed by atoms with Crippen molar-refractivity contribution < 1.29 is 153 Å². The van der Waals surface area contributed by atoms with Crippen LogP contribution in [0, 0.1) is 5.92 Å². The van der Waals surface area contributed by atoms with Crippen molar-refractivity contribution in [3.05, 3.63) is 0 Å². The van der Waals surface area contributed by atoms with Gasteiger partial charge in [0.05, 0.1) is 69.9 Å². The van der Waals surface area contributed by atoms with Gasteiger partial charge in [-0.05, 0) is 20.8 Å². The van der Waals surface area contributed by atoms with E-state index in [-0.39, 0.29) is 6.47 Å². The number of aliphatic hydroxyl groups is 16. The van der Waals surface area contributed by atoms with Gasteiger partial charge >= 0.3 is 5.97 Å². The number of hydrogen-bond donors (Lipinski definition) is 17. The van der Waals surface area contributed by atoms with Gasteiger partial charge in [-0.1, -0.05) is 6.92 Å². The SMILES string of the molecule is CC(=O)N[C@@H]1C(O)C[C@@](OC=O)(O[C@@H]2C(O)[C@H](O[C@@H]3CO[C@@H](OC(C)C)C(O)[C@H]3O)OC(CO)[C@@H]2O[C@H]2OC(CO)[C@H](O)[C@H](O[C@@H]3OC(CO)[C@H](O)[C@H](O)C3O[C@@H]3OC(C)[C@@H](O)C(O)[C@@H]3O)C2C)OC1[C@H](O)[C@H](O)CO. The molecule has 30 atom stereocenters. The third kappa shape index (κ3) is 13.8. The highest BCUT2D eigenvalue weighted by atomic mass is 16.9. The van der Waals surface area contributed by atoms with E-state index in [0.29, 0.717) is 0 Å². The van der Waals surface area contributed by atoms with E-state index in [9.17, 15) is 91.3 Å². The first-order valence-corrected chi connectivity index (χ1v) is 24.7. The van der Waals surface area contributed by atoms with Crippen molar-refractivity contribution in [1.29, 1.82) is 0 Å². The molecule has 76 heavy (non-hydrogen) atoms. The fourth-order valence-electron chi connectivity index (χ4n) is 9.78. The summed E-state index contributed by atoms with van der Waals surface area (Å²) < 4.78 is 76.2. The highest BCUT2D eigenvalue weighted by Crippen LogP contribution is 2.42. The fraction of sp³-hybridized carbons (Fsp3) is 0.955. The van der Waals surface area contributed by atoms with Crippen LogP contribution >= 0.6 is 0 Å². The van der Waals surface area contributed by atoms with Gasteiger partial charge in [0.1, 0.15) is 116 Å². The summed E-state index contributed by atoms with van der Waals surface area (Å²) >= 11 is 0. The third-order valence-electron chi connectivity index (χ3n) is 14.0. The lowest BCUT2D eigenvalue weighted by Crippen LogP contribution is -2.70. The Hall–Kier alpha value is -2.18. The van der Waals surface area contributed by atoms with Gasteiger partial charge in [-0.25, -0.2) is 0 Å². The molecule has 6 saturated heterocycles. The van der Waals surface area contributed by atoms with Crippen LogP contribution in [0.4, 0.5) is 0 Å². The van der Waals surface area contributed by atoms with E-state index >= 15 is 0 Å². The highest BCUT2D eigenvalue weighted by molar-refractivity contribution is 5.73. The van der Waals surface area contributed by atoms with E-state index in [4.69, 9.17) is 61.6 Å². The molecule has 442 valence electrons. The number of rotatable bonds is 21. The molecule has 0 aromatic heterocycles. The molecule has 0 aliphatic carbocycles. The van der Waals surface area contributed by atoms with Crippen molar-refractivity contribution in [2.45, 2.75) is 225 Å². The summed E-state index contributed by atoms with van der Waals surface area (Å²) in [7, 11) is 0. The normalized spacial score (nSPS) is 48.2. The van der Waals surface area contributed by atoms with Gasteiger partial charge in [0.25, 0.3) is 6.47 Å². The largest absolute Gasteiger partial charge is 0.410 e. The Morgan fingerprint density at radius 1 is 0.645 bits per heavy atom. The van der Waals surface area contributed by atoms with Crippen molar-refractivity contribution in [3.63, 3.8) is 0 Å². The topological polar surface area (TPSA) is 490 Å². The lowest BCUT2D eigenvalue weighted by molar-refractivity contribution is -0.452. The molecular formula is C44H75NO31. The van der Waals surface area contributed by atoms with E-state index in [1.807, 2.05) is 0 Å². The molecule has 32 nitrogen and oxygen atoms in total. The summed E-state index contributed by atoms with van der Waals surface area (Å²) in [6.07, 6.45) is -50.7. The lowest BCUT2D eigenvalue weighted by atomic mass is 9.90. The standard InChI is InChI=1S/C44H75NO31/c1-13(2)66-40-31(61)27(57)22(11-64-40)71-42-33(63)37(76-44(65-12-50)6-17(52)23(45-16(5)51)36(75-44)25(55)18(53)7-46)35(21(10-49)70-42)73-39-14(3)34(28(58)20(9-48)68-39)72-43-38(30(60)26(56)19(8-47)69-43)74-41-32(62)29(59)24(54)15(4)67-41/h12-15,17-43,46-49,52-63H,6-11H2,1-5H3,(H,45,51)/t14?,15?,17?,18-,19?,20?,21?,22-,23-,24-,25-,26+,27+,28+,29?,30+,31?,32+,33?,34-,35+,36?,37-,38?,39-,40+,41+,42+,43+,44+/m1/s1. The molecule has 17 N–H and O–H groups in total. The molecule has 1 amide bonds. The molecule has 11 unspecified atom stereocenters. The molecule has 0 saturated carbocycles. The quantitative estimate of drug-likeness (QED) is 0.0375. The Bertz CT molecular complexity index is 1810. The van der Waals surface area contributed by atoms with Crippen LogP contribution in [0.3, 0.4) is 0 Å². The first kappa shape index (κ1) is 63.0. The second-order valence-electron chi connectivity index (χ2n) is 19.8. The minimum Gasteiger partial charge on any atom is -0.410 e. The van der Waals surface area contributed by atoms with Gasteiger partial charge in [-0.15, -0.1) is 0 Å². The van der Waals surface area contributed by atoms with Crippen LogP contribution in [0.1, 0.15) is 41.0 Å². The molecule has 6 rings (SSSR count). The van der Waals surface area contributed by atoms with Crippen LogP contribution in [0.5, 0.6) is 0 Å². The second-order valence-corrected chi connectivity index (χ2v) is 19.8. The smallest absolute Gasteiger partial charge is 0.332 e. The first-order valence-electron chi connectivity index (χ1n) is 24.7. The zero-order chi connectivity index (χ0) is 56.2. The van der Waals surface area contributed by atoms with Crippen LogP contribution in [-0.2, 0) is 71.2 Å². The summed E-state index contributed by atoms with van der Waals surface area (Å²) in [6.45, 7) is 2.19. The lowest BCUT2D eigenvalue weighted by Gasteiger charge is -2.52. The number of carbonyl (C=O) groups excluding carboxylic acids is 2. The van der Waals surface area contributed by atoms with Crippen molar-refractivity contribution in [1.82, 2.24) is 5.32 Å². The fourth-order valence-corrected chi connectivity index (χ4v) is 9.78. The third-order valence-corrected chi connectivity index (χ3v) is 14.0. The Kier molecular flexibility index (Phi) is 22.4. The number of hydrogen-bond acceptors (Lipinski definition) is 31. The van der Waals surface area contributed by atoms with E-state index in [1.54, 1.807) is 13.8 Å². The van der Waals surface area contributed by atoms with E-state index in [0.717, 1.165) is 6.92 Å². The molecule has 6 fully saturated rings. The maximum atomic E-state index is 12.3. The molecule has 32 heteroatoms. The number of carbonyl (C=O) groups is 2. The number of amides is 1. The van der Waals surface area contributed by atoms with Gasteiger partial charge in [-0.2, -0.15) is 0 Å². The molecule has 6 heterocycles. The number of ether oxygens (including phenoxy) is 13. The van der Waals surface area contributed by atoms with E-state index in [1.165, 1.54) is 13.8 Å². The molecule has 0 spiro atoms. The van der Waals surface area contributed by atoms with Crippen LogP contribution in [-0.4, -0.2) is 311 Å². The molecule has 0 radical (unpaired) electrons. The molecule has 6 aliphatic rings. The second kappa shape index (κ2) is 27.1. The van der Waals surface area contributed by atoms with Crippen LogP contribution in [0.15, 0.2) is 0 Å². The number of nitrogens with one attached hydrogen (secondary N) is 1. The van der Waals surface area contributed by atoms with Crippen molar-refractivity contribution in [2.75, 3.05) is 33.0 Å². The average Bonchev–Trinajstić information content (AvgIpc) is 3.37. The summed E-state index contributed by atoms with van der Waals surface area (Å²) in [5.41, 5.74) is 0. The van der Waals surface area contributed by atoms with Crippen LogP contribution in [0.25, 0.3) is 0 Å². The maximum Gasteiger partial charge on any atom is 0.332 e. The first-order chi connectivity index (χ1) is 35.8. The predicted octanol–water partition coefficient (Wildman–Crippen LogP) is -10.3. The van der Waals surface area contributed by atoms with Crippen molar-refractivity contribution in [3.8, 4) is 0 Å².